The van der Waals surface area contributed by atoms with E-state index in [1.54, 1.807) is 53.1 Å². The maximum absolute atomic E-state index is 14.0. The molecular weight excluding hydrogens is 559 g/mol. The Morgan fingerprint density at radius 1 is 1.05 bits per heavy atom. The molecule has 2 aromatic carbocycles. The van der Waals surface area contributed by atoms with Crippen molar-refractivity contribution in [1.29, 1.82) is 0 Å². The van der Waals surface area contributed by atoms with Crippen LogP contribution in [0.5, 0.6) is 0 Å². The lowest BCUT2D eigenvalue weighted by atomic mass is 9.89. The summed E-state index contributed by atoms with van der Waals surface area (Å²) in [5, 5.41) is 12.4. The molecule has 214 valence electrons. The lowest BCUT2D eigenvalue weighted by Gasteiger charge is -2.18. The maximum atomic E-state index is 14.0. The van der Waals surface area contributed by atoms with Crippen molar-refractivity contribution in [2.24, 2.45) is 5.92 Å². The van der Waals surface area contributed by atoms with Crippen LogP contribution in [-0.4, -0.2) is 38.9 Å². The van der Waals surface area contributed by atoms with E-state index in [2.05, 4.69) is 10.3 Å². The third-order valence-corrected chi connectivity index (χ3v) is 6.89. The van der Waals surface area contributed by atoms with Gasteiger partial charge in [0, 0.05) is 34.6 Å². The standard InChI is InChI=1S/C30H27ClF3N3O4/c1-2-3-20(14-18-4-6-19(7-5-18)29(41)35-13-12-27(38)39)28(40)25-16-21-15-23(31)9-10-24(21)37(25)26-11-8-22(17-36-26)30(32,33)34/h4-11,15-17,20H,2-3,12-14H2,1H3,(H,35,41)(H,38,39)/t20-/m1/s1. The highest BCUT2D eigenvalue weighted by Gasteiger charge is 2.31. The van der Waals surface area contributed by atoms with E-state index >= 15 is 0 Å². The minimum Gasteiger partial charge on any atom is -0.481 e. The van der Waals surface area contributed by atoms with Crippen molar-refractivity contribution in [1.82, 2.24) is 14.9 Å². The van der Waals surface area contributed by atoms with E-state index in [4.69, 9.17) is 16.7 Å². The number of ketones is 1. The summed E-state index contributed by atoms with van der Waals surface area (Å²) in [7, 11) is 0. The molecule has 0 radical (unpaired) electrons. The van der Waals surface area contributed by atoms with Gasteiger partial charge in [0.1, 0.15) is 5.82 Å². The Kier molecular flexibility index (Phi) is 9.12. The first-order valence-electron chi connectivity index (χ1n) is 13.0. The summed E-state index contributed by atoms with van der Waals surface area (Å²) in [5.74, 6) is -1.89. The zero-order valence-electron chi connectivity index (χ0n) is 22.0. The van der Waals surface area contributed by atoms with E-state index in [1.807, 2.05) is 6.92 Å². The fraction of sp³-hybridized carbons (Fsp3) is 0.267. The van der Waals surface area contributed by atoms with E-state index in [0.717, 1.165) is 17.8 Å². The van der Waals surface area contributed by atoms with E-state index in [1.165, 1.54) is 6.07 Å². The quantitative estimate of drug-likeness (QED) is 0.190. The fourth-order valence-corrected chi connectivity index (χ4v) is 4.83. The summed E-state index contributed by atoms with van der Waals surface area (Å²) in [4.78, 5) is 41.0. The molecule has 4 aromatic rings. The number of nitrogens with zero attached hydrogens (tertiary/aromatic N) is 2. The van der Waals surface area contributed by atoms with Crippen molar-refractivity contribution in [2.45, 2.75) is 38.8 Å². The number of rotatable bonds is 11. The lowest BCUT2D eigenvalue weighted by Crippen LogP contribution is -2.26. The van der Waals surface area contributed by atoms with Gasteiger partial charge in [-0.2, -0.15) is 13.2 Å². The highest BCUT2D eigenvalue weighted by atomic mass is 35.5. The molecule has 2 aromatic heterocycles. The zero-order chi connectivity index (χ0) is 29.7. The number of benzene rings is 2. The van der Waals surface area contributed by atoms with Crippen LogP contribution in [0.4, 0.5) is 13.2 Å². The predicted molar refractivity (Wildman–Crippen MR) is 149 cm³/mol. The summed E-state index contributed by atoms with van der Waals surface area (Å²) in [5.41, 5.74) is 1.15. The number of pyridine rings is 1. The lowest BCUT2D eigenvalue weighted by molar-refractivity contribution is -0.138. The molecule has 0 fully saturated rings. The molecule has 2 heterocycles. The second-order valence-corrected chi connectivity index (χ2v) is 10.1. The van der Waals surface area contributed by atoms with E-state index in [0.29, 0.717) is 40.8 Å². The Hall–Kier alpha value is -4.18. The molecule has 0 unspecified atom stereocenters. The van der Waals surface area contributed by atoms with Crippen LogP contribution >= 0.6 is 11.6 Å². The van der Waals surface area contributed by atoms with Crippen molar-refractivity contribution in [3.05, 3.63) is 94.3 Å². The summed E-state index contributed by atoms with van der Waals surface area (Å²) in [6.45, 7) is 1.97. The van der Waals surface area contributed by atoms with Crippen LogP contribution in [0.2, 0.25) is 5.02 Å². The maximum Gasteiger partial charge on any atom is 0.417 e. The van der Waals surface area contributed by atoms with Crippen molar-refractivity contribution >= 4 is 40.2 Å². The molecule has 0 saturated carbocycles. The third kappa shape index (κ3) is 7.13. The topological polar surface area (TPSA) is 101 Å². The average molecular weight is 586 g/mol. The molecule has 0 saturated heterocycles. The van der Waals surface area contributed by atoms with Crippen LogP contribution in [0.3, 0.4) is 0 Å². The molecule has 0 aliphatic carbocycles. The largest absolute Gasteiger partial charge is 0.481 e. The second kappa shape index (κ2) is 12.6. The van der Waals surface area contributed by atoms with E-state index < -0.39 is 29.5 Å². The number of carboxylic acids is 1. The van der Waals surface area contributed by atoms with E-state index in [9.17, 15) is 27.6 Å². The molecule has 0 spiro atoms. The number of hydrogen-bond donors (Lipinski definition) is 2. The molecular formula is C30H27ClF3N3O4. The Bertz CT molecular complexity index is 1570. The highest BCUT2D eigenvalue weighted by molar-refractivity contribution is 6.31. The van der Waals surface area contributed by atoms with Gasteiger partial charge in [-0.3, -0.25) is 19.0 Å². The Balaban J connectivity index is 1.64. The monoisotopic (exact) mass is 585 g/mol. The molecule has 0 aliphatic heterocycles. The summed E-state index contributed by atoms with van der Waals surface area (Å²) >= 11 is 6.18. The number of carbonyl (C=O) groups excluding carboxylic acids is 2. The van der Waals surface area contributed by atoms with Crippen LogP contribution < -0.4 is 5.32 Å². The van der Waals surface area contributed by atoms with Gasteiger partial charge >= 0.3 is 12.1 Å². The first-order valence-corrected chi connectivity index (χ1v) is 13.3. The molecule has 1 amide bonds. The number of carbonyl (C=O) groups is 3. The van der Waals surface area contributed by atoms with Gasteiger partial charge in [-0.15, -0.1) is 0 Å². The van der Waals surface area contributed by atoms with Crippen LogP contribution in [-0.2, 0) is 17.4 Å². The van der Waals surface area contributed by atoms with Gasteiger partial charge in [-0.25, -0.2) is 4.98 Å². The number of alkyl halides is 3. The van der Waals surface area contributed by atoms with Gasteiger partial charge < -0.3 is 10.4 Å². The molecule has 4 rings (SSSR count). The summed E-state index contributed by atoms with van der Waals surface area (Å²) in [6, 6.07) is 15.6. The smallest absolute Gasteiger partial charge is 0.417 e. The number of halogens is 4. The molecule has 11 heteroatoms. The van der Waals surface area contributed by atoms with Crippen molar-refractivity contribution in [3.8, 4) is 5.82 Å². The van der Waals surface area contributed by atoms with Crippen molar-refractivity contribution < 1.29 is 32.7 Å². The van der Waals surface area contributed by atoms with Crippen molar-refractivity contribution in [3.63, 3.8) is 0 Å². The second-order valence-electron chi connectivity index (χ2n) is 9.62. The van der Waals surface area contributed by atoms with Gasteiger partial charge in [-0.1, -0.05) is 37.1 Å². The van der Waals surface area contributed by atoms with Gasteiger partial charge in [0.2, 0.25) is 0 Å². The molecule has 41 heavy (non-hydrogen) atoms. The number of carboxylic acid groups (broad SMARTS) is 1. The number of nitrogens with one attached hydrogen (secondary N) is 1. The minimum absolute atomic E-state index is 0.00992. The third-order valence-electron chi connectivity index (χ3n) is 6.65. The van der Waals surface area contributed by atoms with Gasteiger partial charge in [0.25, 0.3) is 5.91 Å². The van der Waals surface area contributed by atoms with Crippen LogP contribution in [0.15, 0.2) is 66.9 Å². The number of amides is 1. The zero-order valence-corrected chi connectivity index (χ0v) is 22.8. The van der Waals surface area contributed by atoms with Gasteiger partial charge in [-0.05, 0) is 66.9 Å². The molecule has 0 bridgehead atoms. The fourth-order valence-electron chi connectivity index (χ4n) is 4.65. The van der Waals surface area contributed by atoms with Crippen LogP contribution in [0, 0.1) is 5.92 Å². The van der Waals surface area contributed by atoms with Crippen molar-refractivity contribution in [2.75, 3.05) is 6.54 Å². The number of aliphatic carboxylic acids is 1. The van der Waals surface area contributed by atoms with Crippen LogP contribution in [0.1, 0.15) is 58.2 Å². The SMILES string of the molecule is CCC[C@H](Cc1ccc(C(=O)NCCC(=O)O)cc1)C(=O)c1cc2cc(Cl)ccc2n1-c1ccc(C(F)(F)F)cn1. The predicted octanol–water partition coefficient (Wildman–Crippen LogP) is 6.74. The first kappa shape index (κ1) is 29.8. The first-order chi connectivity index (χ1) is 19.5. The molecule has 2 N–H and O–H groups in total. The summed E-state index contributed by atoms with van der Waals surface area (Å²) in [6.07, 6.45) is -2.35. The number of hydrogen-bond acceptors (Lipinski definition) is 4. The molecule has 0 aliphatic rings. The average Bonchev–Trinajstić information content (AvgIpc) is 3.30. The van der Waals surface area contributed by atoms with Crippen LogP contribution in [0.25, 0.3) is 16.7 Å². The summed E-state index contributed by atoms with van der Waals surface area (Å²) < 4.78 is 41.0. The molecule has 7 nitrogen and oxygen atoms in total. The number of fused-ring (bicyclic) bond motifs is 1. The normalized spacial score (nSPS) is 12.3. The van der Waals surface area contributed by atoms with E-state index in [-0.39, 0.29) is 30.3 Å². The Labute approximate surface area is 239 Å². The molecule has 1 atom stereocenters. The highest BCUT2D eigenvalue weighted by Crippen LogP contribution is 2.32. The van der Waals surface area contributed by atoms with Gasteiger partial charge in [0.15, 0.2) is 5.78 Å². The Morgan fingerprint density at radius 3 is 2.39 bits per heavy atom. The minimum atomic E-state index is -4.54. The number of aromatic nitrogens is 2. The Morgan fingerprint density at radius 2 is 1.78 bits per heavy atom. The van der Waals surface area contributed by atoms with Gasteiger partial charge in [0.05, 0.1) is 23.2 Å². The number of Topliss-reactive ketones (excluding diaryl/α,β-unsaturated/α-hetero) is 1.